The van der Waals surface area contributed by atoms with E-state index in [9.17, 15) is 0 Å². The van der Waals surface area contributed by atoms with Crippen molar-refractivity contribution in [3.63, 3.8) is 0 Å². The van der Waals surface area contributed by atoms with E-state index in [1.165, 1.54) is 0 Å². The Hall–Kier alpha value is 0.720. The molecule has 0 spiro atoms. The second-order valence-corrected chi connectivity index (χ2v) is 4.89. The Bertz CT molecular complexity index is 116. The molecule has 0 amide bonds. The summed E-state index contributed by atoms with van der Waals surface area (Å²) in [5.74, 6) is 0. The van der Waals surface area contributed by atoms with Gasteiger partial charge in [0.25, 0.3) is 0 Å². The molecule has 0 saturated carbocycles. The largest absolute Gasteiger partial charge is 0.269 e. The van der Waals surface area contributed by atoms with Crippen molar-refractivity contribution in [2.75, 3.05) is 39.3 Å². The first-order chi connectivity index (χ1) is 8.42. The molecule has 3 nitrogen and oxygen atoms in total. The van der Waals surface area contributed by atoms with Crippen molar-refractivity contribution >= 4 is 38.4 Å². The molecule has 0 aromatic heterocycles. The van der Waals surface area contributed by atoms with Crippen LogP contribution in [0.4, 0.5) is 14.1 Å². The Labute approximate surface area is 146 Å². The smallest absolute Gasteiger partial charge is 0.00837 e. The van der Waals surface area contributed by atoms with Crippen molar-refractivity contribution in [2.45, 2.75) is 41.5 Å². The minimum Gasteiger partial charge on any atom is -0.269 e. The summed E-state index contributed by atoms with van der Waals surface area (Å²) in [5.41, 5.74) is 0. The highest BCUT2D eigenvalue weighted by atomic mass is 32.1. The molecule has 0 fully saturated rings. The fraction of sp³-hybridized carbons (Fsp3) is 1.00. The van der Waals surface area contributed by atoms with E-state index in [-0.39, 0.29) is 14.1 Å². The molecule has 0 saturated heterocycles. The van der Waals surface area contributed by atoms with E-state index in [1.54, 1.807) is 0 Å². The standard InChI is InChI=1S/3C4H10NS.3FH/c3*1-3-5(6)4-2;;;/h3*3-4H2,1-2H3;3*1H. The average Bonchev–Trinajstić information content (AvgIpc) is 2.45. The zero-order chi connectivity index (χ0) is 15.0. The maximum atomic E-state index is 4.77. The zero-order valence-corrected chi connectivity index (χ0v) is 16.5. The molecule has 0 aliphatic carbocycles. The average molecular weight is 373 g/mol. The lowest BCUT2D eigenvalue weighted by Crippen LogP contribution is -2.08. The van der Waals surface area contributed by atoms with Crippen LogP contribution in [0.2, 0.25) is 0 Å². The van der Waals surface area contributed by atoms with Gasteiger partial charge in [0, 0.05) is 77.7 Å². The van der Waals surface area contributed by atoms with Gasteiger partial charge in [-0.15, -0.1) is 0 Å². The van der Waals surface area contributed by atoms with Gasteiger partial charge < -0.3 is 0 Å². The molecule has 0 heterocycles. The molecule has 0 aromatic rings. The van der Waals surface area contributed by atoms with Crippen molar-refractivity contribution in [3.05, 3.63) is 0 Å². The molecule has 0 aromatic carbocycles. The van der Waals surface area contributed by atoms with Crippen LogP contribution in [0.25, 0.3) is 0 Å². The van der Waals surface area contributed by atoms with E-state index in [1.807, 2.05) is 12.9 Å². The lowest BCUT2D eigenvalue weighted by atomic mass is 10.7. The van der Waals surface area contributed by atoms with E-state index in [2.05, 4.69) is 41.5 Å². The molecule has 0 N–H and O–H groups in total. The summed E-state index contributed by atoms with van der Waals surface area (Å²) in [7, 11) is 0. The highest BCUT2D eigenvalue weighted by Gasteiger charge is 1.85. The van der Waals surface area contributed by atoms with Gasteiger partial charge >= 0.3 is 0 Å². The first kappa shape index (κ1) is 37.7. The number of halogens is 3. The van der Waals surface area contributed by atoms with Crippen LogP contribution < -0.4 is 0 Å². The summed E-state index contributed by atoms with van der Waals surface area (Å²) in [6, 6.07) is 0. The second kappa shape index (κ2) is 32.6. The van der Waals surface area contributed by atoms with Gasteiger partial charge in [-0.05, 0) is 0 Å². The summed E-state index contributed by atoms with van der Waals surface area (Å²) >= 11 is 14.3. The van der Waals surface area contributed by atoms with Crippen LogP contribution in [-0.4, -0.2) is 52.2 Å². The second-order valence-electron chi connectivity index (χ2n) is 3.34. The Balaban J connectivity index is -0.0000000375. The third-order valence-electron chi connectivity index (χ3n) is 2.12. The summed E-state index contributed by atoms with van der Waals surface area (Å²) in [6.45, 7) is 18.2. The maximum Gasteiger partial charge on any atom is 0.00837 e. The molecule has 0 atom stereocenters. The predicted octanol–water partition coefficient (Wildman–Crippen LogP) is 4.78. The van der Waals surface area contributed by atoms with Crippen LogP contribution in [0.5, 0.6) is 0 Å². The SMILES string of the molecule is CCN([S])CC.CCN([S])CC.CCN([S])CC.F.F.F. The molecular weight excluding hydrogens is 339 g/mol. The predicted molar refractivity (Wildman–Crippen MR) is 99.0 cm³/mol. The van der Waals surface area contributed by atoms with Gasteiger partial charge in [-0.3, -0.25) is 14.1 Å². The maximum absolute atomic E-state index is 4.77. The van der Waals surface area contributed by atoms with Crippen LogP contribution in [0.15, 0.2) is 0 Å². The van der Waals surface area contributed by atoms with Gasteiger partial charge in [0.2, 0.25) is 0 Å². The van der Waals surface area contributed by atoms with Crippen molar-refractivity contribution in [3.8, 4) is 0 Å². The van der Waals surface area contributed by atoms with Gasteiger partial charge in [0.05, 0.1) is 0 Å². The third-order valence-corrected chi connectivity index (χ3v) is 3.67. The quantitative estimate of drug-likeness (QED) is 0.664. The first-order valence-corrected chi connectivity index (χ1v) is 7.78. The highest BCUT2D eigenvalue weighted by molar-refractivity contribution is 7.78. The number of nitrogens with zero attached hydrogens (tertiary/aromatic N) is 3. The molecule has 135 valence electrons. The fourth-order valence-corrected chi connectivity index (χ4v) is 0.671. The zero-order valence-electron chi connectivity index (χ0n) is 14.0. The molecular formula is C12H33F3N3S3. The number of hydrogen-bond acceptors (Lipinski definition) is 3. The van der Waals surface area contributed by atoms with Crippen LogP contribution >= 0.6 is 38.4 Å². The topological polar surface area (TPSA) is 9.72 Å². The molecule has 0 rings (SSSR count). The molecule has 21 heavy (non-hydrogen) atoms. The van der Waals surface area contributed by atoms with E-state index in [0.29, 0.717) is 0 Å². The van der Waals surface area contributed by atoms with Crippen molar-refractivity contribution in [2.24, 2.45) is 0 Å². The molecule has 0 aliphatic heterocycles. The third kappa shape index (κ3) is 44.9. The monoisotopic (exact) mass is 372 g/mol. The van der Waals surface area contributed by atoms with E-state index in [0.717, 1.165) is 39.3 Å². The Morgan fingerprint density at radius 3 is 0.524 bits per heavy atom. The minimum absolute atomic E-state index is 0. The van der Waals surface area contributed by atoms with Gasteiger partial charge in [-0.2, -0.15) is 0 Å². The van der Waals surface area contributed by atoms with Gasteiger partial charge in [0.15, 0.2) is 0 Å². The van der Waals surface area contributed by atoms with Gasteiger partial charge in [-0.25, -0.2) is 12.9 Å². The normalized spacial score (nSPS) is 8.57. The van der Waals surface area contributed by atoms with Crippen molar-refractivity contribution in [1.29, 1.82) is 0 Å². The first-order valence-electron chi connectivity index (χ1n) is 6.69. The van der Waals surface area contributed by atoms with Crippen molar-refractivity contribution in [1.82, 2.24) is 12.9 Å². The van der Waals surface area contributed by atoms with E-state index in [4.69, 9.17) is 38.4 Å². The summed E-state index contributed by atoms with van der Waals surface area (Å²) in [4.78, 5) is 0. The number of hydrogen-bond donors (Lipinski definition) is 0. The molecule has 0 aliphatic rings. The summed E-state index contributed by atoms with van der Waals surface area (Å²) in [6.07, 6.45) is 0. The molecule has 0 bridgehead atoms. The minimum atomic E-state index is 0. The van der Waals surface area contributed by atoms with Gasteiger partial charge in [-0.1, -0.05) is 41.5 Å². The van der Waals surface area contributed by atoms with Gasteiger partial charge in [0.1, 0.15) is 0 Å². The highest BCUT2D eigenvalue weighted by Crippen LogP contribution is 1.87. The van der Waals surface area contributed by atoms with E-state index < -0.39 is 0 Å². The Kier molecular flexibility index (Phi) is 58.6. The lowest BCUT2D eigenvalue weighted by Gasteiger charge is -2.03. The summed E-state index contributed by atoms with van der Waals surface area (Å²) in [5, 5.41) is 0. The van der Waals surface area contributed by atoms with Crippen LogP contribution in [0.1, 0.15) is 41.5 Å². The Morgan fingerprint density at radius 2 is 0.524 bits per heavy atom. The molecule has 0 unspecified atom stereocenters. The Morgan fingerprint density at radius 1 is 0.429 bits per heavy atom. The molecule has 3 radical (unpaired) electrons. The van der Waals surface area contributed by atoms with E-state index >= 15 is 0 Å². The number of rotatable bonds is 6. The lowest BCUT2D eigenvalue weighted by molar-refractivity contribution is 0.532. The van der Waals surface area contributed by atoms with Crippen LogP contribution in [0.3, 0.4) is 0 Å². The van der Waals surface area contributed by atoms with Crippen LogP contribution in [0, 0.1) is 0 Å². The van der Waals surface area contributed by atoms with Crippen molar-refractivity contribution < 1.29 is 14.1 Å². The van der Waals surface area contributed by atoms with Crippen LogP contribution in [-0.2, 0) is 0 Å². The summed E-state index contributed by atoms with van der Waals surface area (Å²) < 4.78 is 5.50. The fourth-order valence-electron chi connectivity index (χ4n) is 0.671. The molecule has 9 heteroatoms.